The third-order valence-corrected chi connectivity index (χ3v) is 0.566. The third kappa shape index (κ3) is 2.23. The van der Waals surface area contributed by atoms with Crippen LogP contribution in [0.1, 0.15) is 2.85 Å². The normalized spacial score (nSPS) is 6.86. The van der Waals surface area contributed by atoms with Gasteiger partial charge in [-0.1, -0.05) is 6.07 Å². The van der Waals surface area contributed by atoms with Crippen molar-refractivity contribution >= 4 is 13.5 Å². The Morgan fingerprint density at radius 3 is 1.71 bits per heavy atom. The zero-order valence-corrected chi connectivity index (χ0v) is 4.56. The van der Waals surface area contributed by atoms with E-state index in [9.17, 15) is 0 Å². The van der Waals surface area contributed by atoms with Gasteiger partial charge < -0.3 is 13.5 Å². The highest BCUT2D eigenvalue weighted by Gasteiger charge is 1.58. The molecule has 0 fully saturated rings. The smallest absolute Gasteiger partial charge is 1.00 e. The van der Waals surface area contributed by atoms with Crippen LogP contribution in [0.5, 0.6) is 0 Å². The maximum atomic E-state index is 3.78. The van der Waals surface area contributed by atoms with Crippen LogP contribution in [-0.4, -0.2) is 4.98 Å². The lowest BCUT2D eigenvalue weighted by atomic mass is 10.5. The van der Waals surface area contributed by atoms with Gasteiger partial charge in [0.05, 0.1) is 0 Å². The van der Waals surface area contributed by atoms with Crippen molar-refractivity contribution in [1.82, 2.24) is 4.98 Å². The molecule has 7 heavy (non-hydrogen) atoms. The fourth-order valence-corrected chi connectivity index (χ4v) is 0.313. The highest BCUT2D eigenvalue weighted by Crippen LogP contribution is 1.73. The van der Waals surface area contributed by atoms with Crippen molar-refractivity contribution in [2.24, 2.45) is 0 Å². The number of pyridine rings is 1. The Hall–Kier alpha value is -0.500. The summed E-state index contributed by atoms with van der Waals surface area (Å²) in [7, 11) is 0. The first-order valence-corrected chi connectivity index (χ1v) is 1.85. The van der Waals surface area contributed by atoms with Crippen molar-refractivity contribution in [3.8, 4) is 0 Å². The van der Waals surface area contributed by atoms with Crippen LogP contribution in [0.25, 0.3) is 0 Å². The quantitative estimate of drug-likeness (QED) is 0.494. The molecule has 1 rings (SSSR count). The topological polar surface area (TPSA) is 12.9 Å². The minimum Gasteiger partial charge on any atom is -2.00 e. The second kappa shape index (κ2) is 3.68. The van der Waals surface area contributed by atoms with E-state index in [1.54, 1.807) is 12.4 Å². The zero-order chi connectivity index (χ0) is 4.24. The molecule has 0 aliphatic carbocycles. The SMILES string of the molecule is [H+].[H+].[S-2].c1ccncc1. The Bertz CT molecular complexity index is 86.9. The molecule has 0 amide bonds. The number of aromatic nitrogens is 1. The summed E-state index contributed by atoms with van der Waals surface area (Å²) in [6.07, 6.45) is 3.50. The molecule has 0 unspecified atom stereocenters. The molecule has 38 valence electrons. The molecule has 0 N–H and O–H groups in total. The molecule has 1 heterocycles. The van der Waals surface area contributed by atoms with Gasteiger partial charge in [0.15, 0.2) is 0 Å². The maximum Gasteiger partial charge on any atom is 1.00 e. The Kier molecular flexibility index (Phi) is 3.42. The van der Waals surface area contributed by atoms with E-state index < -0.39 is 0 Å². The van der Waals surface area contributed by atoms with Crippen LogP contribution in [0.3, 0.4) is 0 Å². The average molecular weight is 113 g/mol. The molecule has 0 spiro atoms. The number of rotatable bonds is 0. The van der Waals surface area contributed by atoms with Gasteiger partial charge in [0.25, 0.3) is 0 Å². The van der Waals surface area contributed by atoms with Crippen LogP contribution >= 0.6 is 0 Å². The molecule has 2 heteroatoms. The molecule has 0 bridgehead atoms. The summed E-state index contributed by atoms with van der Waals surface area (Å²) in [5, 5.41) is 0. The van der Waals surface area contributed by atoms with Gasteiger partial charge in [0.2, 0.25) is 0 Å². The molecule has 0 atom stereocenters. The van der Waals surface area contributed by atoms with E-state index in [0.717, 1.165) is 0 Å². The van der Waals surface area contributed by atoms with Crippen molar-refractivity contribution in [1.29, 1.82) is 0 Å². The van der Waals surface area contributed by atoms with Crippen LogP contribution in [0, 0.1) is 0 Å². The molecule has 1 aromatic heterocycles. The van der Waals surface area contributed by atoms with Gasteiger partial charge in [-0.25, -0.2) is 0 Å². The molecule has 0 aliphatic heterocycles. The Labute approximate surface area is 52.8 Å². The summed E-state index contributed by atoms with van der Waals surface area (Å²) < 4.78 is 0. The summed E-state index contributed by atoms with van der Waals surface area (Å²) in [6.45, 7) is 0. The summed E-state index contributed by atoms with van der Waals surface area (Å²) in [6, 6.07) is 5.72. The van der Waals surface area contributed by atoms with Crippen LogP contribution in [0.2, 0.25) is 0 Å². The molecule has 0 saturated carbocycles. The first-order valence-electron chi connectivity index (χ1n) is 1.85. The van der Waals surface area contributed by atoms with E-state index in [1.165, 1.54) is 0 Å². The summed E-state index contributed by atoms with van der Waals surface area (Å²) in [5.41, 5.74) is 0. The summed E-state index contributed by atoms with van der Waals surface area (Å²) >= 11 is 0. The maximum absolute atomic E-state index is 3.78. The van der Waals surface area contributed by atoms with Gasteiger partial charge in [0.1, 0.15) is 0 Å². The van der Waals surface area contributed by atoms with Crippen molar-refractivity contribution in [3.05, 3.63) is 30.6 Å². The zero-order valence-electron chi connectivity index (χ0n) is 5.74. The lowest BCUT2D eigenvalue weighted by Gasteiger charge is -2.00. The van der Waals surface area contributed by atoms with Crippen LogP contribution in [0.15, 0.2) is 30.6 Å². The van der Waals surface area contributed by atoms with Gasteiger partial charge in [-0.05, 0) is 12.1 Å². The molecule has 0 aromatic carbocycles. The van der Waals surface area contributed by atoms with E-state index in [2.05, 4.69) is 4.98 Å². The van der Waals surface area contributed by atoms with Gasteiger partial charge in [-0.3, -0.25) is 4.98 Å². The number of nitrogens with zero attached hydrogens (tertiary/aromatic N) is 1. The Balaban J connectivity index is -0.000000120. The highest BCUT2D eigenvalue weighted by atomic mass is 32.1. The van der Waals surface area contributed by atoms with Crippen molar-refractivity contribution < 1.29 is 2.85 Å². The van der Waals surface area contributed by atoms with Crippen LogP contribution in [-0.2, 0) is 13.5 Å². The Morgan fingerprint density at radius 2 is 1.57 bits per heavy atom. The van der Waals surface area contributed by atoms with Crippen LogP contribution in [0.4, 0.5) is 0 Å². The summed E-state index contributed by atoms with van der Waals surface area (Å²) in [5.74, 6) is 0. The molecular weight excluding hydrogens is 106 g/mol. The minimum atomic E-state index is 0. The second-order valence-electron chi connectivity index (χ2n) is 1.02. The summed E-state index contributed by atoms with van der Waals surface area (Å²) in [4.78, 5) is 3.78. The average Bonchev–Trinajstić information content (AvgIpc) is 1.72. The van der Waals surface area contributed by atoms with Gasteiger partial charge in [0, 0.05) is 12.4 Å². The van der Waals surface area contributed by atoms with Crippen LogP contribution < -0.4 is 0 Å². The Morgan fingerprint density at radius 1 is 1.00 bits per heavy atom. The highest BCUT2D eigenvalue weighted by molar-refractivity contribution is 7.37. The molecular formula is C5H7NS. The predicted molar refractivity (Wildman–Crippen MR) is 33.8 cm³/mol. The fraction of sp³-hybridized carbons (Fsp3) is 0. The lowest BCUT2D eigenvalue weighted by molar-refractivity contribution is 1.33. The van der Waals surface area contributed by atoms with E-state index in [-0.39, 0.29) is 16.3 Å². The number of hydrogen-bond acceptors (Lipinski definition) is 1. The molecule has 1 aromatic rings. The lowest BCUT2D eigenvalue weighted by Crippen LogP contribution is -1.58. The first-order chi connectivity index (χ1) is 3.00. The van der Waals surface area contributed by atoms with Gasteiger partial charge >= 0.3 is 2.85 Å². The number of hydrogen-bond donors (Lipinski definition) is 0. The van der Waals surface area contributed by atoms with Crippen molar-refractivity contribution in [2.45, 2.75) is 0 Å². The van der Waals surface area contributed by atoms with Gasteiger partial charge in [-0.15, -0.1) is 0 Å². The molecule has 0 radical (unpaired) electrons. The van der Waals surface area contributed by atoms with E-state index in [1.807, 2.05) is 18.2 Å². The fourth-order valence-electron chi connectivity index (χ4n) is 0.313. The second-order valence-corrected chi connectivity index (χ2v) is 1.02. The molecule has 0 aliphatic rings. The third-order valence-electron chi connectivity index (χ3n) is 0.566. The van der Waals surface area contributed by atoms with E-state index in [0.29, 0.717) is 0 Å². The monoisotopic (exact) mass is 113 g/mol. The van der Waals surface area contributed by atoms with Gasteiger partial charge in [-0.2, -0.15) is 0 Å². The van der Waals surface area contributed by atoms with E-state index in [4.69, 9.17) is 0 Å². The molecule has 0 saturated heterocycles. The van der Waals surface area contributed by atoms with E-state index >= 15 is 0 Å². The van der Waals surface area contributed by atoms with Crippen molar-refractivity contribution in [2.75, 3.05) is 0 Å². The predicted octanol–water partition coefficient (Wildman–Crippen LogP) is 1.30. The minimum absolute atomic E-state index is 0. The first kappa shape index (κ1) is 6.50. The van der Waals surface area contributed by atoms with Crippen molar-refractivity contribution in [3.63, 3.8) is 0 Å². The molecule has 1 nitrogen and oxygen atoms in total. The standard InChI is InChI=1S/C5H5N.S/c1-2-4-6-5-3-1;/h1-5H;/q;-2/p+2. The largest absolute Gasteiger partial charge is 2.00 e.